The maximum absolute atomic E-state index is 13.6. The third-order valence-corrected chi connectivity index (χ3v) is 8.46. The van der Waals surface area contributed by atoms with Gasteiger partial charge in [0, 0.05) is 18.9 Å². The molecule has 9 nitrogen and oxygen atoms in total. The van der Waals surface area contributed by atoms with Gasteiger partial charge in [0.15, 0.2) is 15.0 Å². The fourth-order valence-corrected chi connectivity index (χ4v) is 5.81. The molecule has 0 bridgehead atoms. The van der Waals surface area contributed by atoms with E-state index in [4.69, 9.17) is 42.5 Å². The first-order valence-corrected chi connectivity index (χ1v) is 16.9. The maximum atomic E-state index is 13.6. The van der Waals surface area contributed by atoms with Crippen LogP contribution in [0.15, 0.2) is 0 Å². The van der Waals surface area contributed by atoms with Gasteiger partial charge < -0.3 is 23.5 Å². The number of hydrogen-bond acceptors (Lipinski definition) is 9. The highest BCUT2D eigenvalue weighted by molar-refractivity contribution is 7.80. The Kier molecular flexibility index (Phi) is 13.9. The second-order valence-corrected chi connectivity index (χ2v) is 14.1. The van der Waals surface area contributed by atoms with E-state index in [-0.39, 0.29) is 43.5 Å². The number of carbonyl (C=O) groups excluding carboxylic acids is 4. The molecule has 1 amide bonds. The molecular weight excluding hydrogens is 550 g/mol. The van der Waals surface area contributed by atoms with Crippen molar-refractivity contribution in [3.63, 3.8) is 0 Å². The molecule has 1 unspecified atom stereocenters. The zero-order valence-electron chi connectivity index (χ0n) is 24.1. The molecule has 0 aliphatic carbocycles. The molecule has 0 aromatic rings. The van der Waals surface area contributed by atoms with Gasteiger partial charge in [-0.15, -0.1) is 0 Å². The zero-order chi connectivity index (χ0) is 29.4. The van der Waals surface area contributed by atoms with E-state index < -0.39 is 56.2 Å². The Morgan fingerprint density at radius 2 is 1.47 bits per heavy atom. The summed E-state index contributed by atoms with van der Waals surface area (Å²) < 4.78 is 21.3. The van der Waals surface area contributed by atoms with Crippen molar-refractivity contribution < 1.29 is 37.8 Å². The molecule has 1 saturated heterocycles. The molecule has 38 heavy (non-hydrogen) atoms. The van der Waals surface area contributed by atoms with Crippen LogP contribution in [-0.2, 0) is 37.8 Å². The highest BCUT2D eigenvalue weighted by Gasteiger charge is 2.59. The summed E-state index contributed by atoms with van der Waals surface area (Å²) in [4.78, 5) is 52.9. The van der Waals surface area contributed by atoms with Crippen molar-refractivity contribution in [3.05, 3.63) is 0 Å². The van der Waals surface area contributed by atoms with Gasteiger partial charge in [-0.05, 0) is 50.1 Å². The second kappa shape index (κ2) is 15.3. The molecule has 1 heterocycles. The molecule has 0 spiro atoms. The lowest BCUT2D eigenvalue weighted by Gasteiger charge is -2.56. The number of likely N-dealkylation sites (tertiary alicyclic amines) is 1. The Hall–Kier alpha value is -1.56. The van der Waals surface area contributed by atoms with Crippen molar-refractivity contribution in [2.45, 2.75) is 79.5 Å². The molecule has 1 aliphatic heterocycles. The van der Waals surface area contributed by atoms with Gasteiger partial charge in [-0.25, -0.2) is 4.79 Å². The van der Waals surface area contributed by atoms with Crippen LogP contribution in [0.4, 0.5) is 0 Å². The van der Waals surface area contributed by atoms with Crippen molar-refractivity contribution in [2.75, 3.05) is 26.4 Å². The molecule has 1 fully saturated rings. The van der Waals surface area contributed by atoms with E-state index in [0.717, 1.165) is 0 Å². The van der Waals surface area contributed by atoms with E-state index >= 15 is 0 Å². The number of rotatable bonds is 15. The number of nitrogens with zero attached hydrogens (tertiary/aromatic N) is 1. The number of thiocarbonyl (C=S) groups is 1. The van der Waals surface area contributed by atoms with Crippen LogP contribution in [0, 0.1) is 29.1 Å². The van der Waals surface area contributed by atoms with E-state index in [1.54, 1.807) is 20.8 Å². The molecule has 1 rings (SSSR count). The number of halogens is 1. The van der Waals surface area contributed by atoms with E-state index in [2.05, 4.69) is 13.1 Å². The predicted octanol–water partition coefficient (Wildman–Crippen LogP) is 3.74. The summed E-state index contributed by atoms with van der Waals surface area (Å²) in [6.45, 7) is 17.7. The van der Waals surface area contributed by atoms with Crippen LogP contribution in [0.3, 0.4) is 0 Å². The minimum absolute atomic E-state index is 0.0959. The summed E-state index contributed by atoms with van der Waals surface area (Å²) in [5.74, 6) is -4.87. The van der Waals surface area contributed by atoms with E-state index in [9.17, 15) is 19.2 Å². The molecule has 12 heteroatoms. The molecule has 0 radical (unpaired) electrons. The Morgan fingerprint density at radius 3 is 1.89 bits per heavy atom. The number of amides is 1. The number of alkyl halides is 1. The summed E-state index contributed by atoms with van der Waals surface area (Å²) in [5.41, 5.74) is -1.64. The molecule has 0 aromatic heterocycles. The van der Waals surface area contributed by atoms with E-state index in [1.807, 2.05) is 27.7 Å². The van der Waals surface area contributed by atoms with Crippen LogP contribution in [0.2, 0.25) is 13.1 Å². The quantitative estimate of drug-likeness (QED) is 0.0410. The topological polar surface area (TPSA) is 108 Å². The van der Waals surface area contributed by atoms with Crippen molar-refractivity contribution in [1.82, 2.24) is 4.90 Å². The third kappa shape index (κ3) is 8.72. The van der Waals surface area contributed by atoms with Gasteiger partial charge in [-0.2, -0.15) is 0 Å². The average molecular weight is 594 g/mol. The van der Waals surface area contributed by atoms with Gasteiger partial charge in [-0.3, -0.25) is 14.4 Å². The average Bonchev–Trinajstić information content (AvgIpc) is 2.81. The second-order valence-electron chi connectivity index (χ2n) is 10.7. The number of hydrogen-bond donors (Lipinski definition) is 0. The third-order valence-electron chi connectivity index (χ3n) is 6.68. The summed E-state index contributed by atoms with van der Waals surface area (Å²) in [5, 5.41) is 0. The standard InChI is InChI=1S/C26H44ClNO8SSi/c1-10-33-23(30)16(24(31)34-11-2)13-18(37)15(4)20-19(17(26(5,6)7)14-36-38(8)9)22(29)28(20)21(27)25(32)35-12-3/h15-17,19-21,38H,10-14H2,1-9H3/t15-,17+,19-,20+,21?/m0/s1. The molecule has 218 valence electrons. The van der Waals surface area contributed by atoms with Gasteiger partial charge >= 0.3 is 17.9 Å². The number of carbonyl (C=O) groups is 4. The van der Waals surface area contributed by atoms with Crippen LogP contribution >= 0.6 is 23.8 Å². The molecule has 1 aliphatic rings. The molecule has 0 N–H and O–H groups in total. The summed E-state index contributed by atoms with van der Waals surface area (Å²) in [7, 11) is -1.38. The summed E-state index contributed by atoms with van der Waals surface area (Å²) >= 11 is 12.2. The fraction of sp³-hybridized carbons (Fsp3) is 0.808. The van der Waals surface area contributed by atoms with Crippen LogP contribution in [0.1, 0.15) is 54.9 Å². The van der Waals surface area contributed by atoms with Crippen molar-refractivity contribution in [2.24, 2.45) is 29.1 Å². The number of β-lactam (4-membered cyclic amide) rings is 1. The fourth-order valence-electron chi connectivity index (χ4n) is 4.62. The van der Waals surface area contributed by atoms with Crippen molar-refractivity contribution >= 4 is 61.5 Å². The smallest absolute Gasteiger partial charge is 0.344 e. The van der Waals surface area contributed by atoms with Gasteiger partial charge in [-0.1, -0.05) is 51.5 Å². The summed E-state index contributed by atoms with van der Waals surface area (Å²) in [6, 6.07) is -0.561. The first-order valence-electron chi connectivity index (χ1n) is 13.2. The lowest BCUT2D eigenvalue weighted by atomic mass is 9.63. The zero-order valence-corrected chi connectivity index (χ0v) is 26.8. The number of esters is 3. The highest BCUT2D eigenvalue weighted by atomic mass is 35.5. The Labute approximate surface area is 238 Å². The van der Waals surface area contributed by atoms with Gasteiger partial charge in [0.05, 0.1) is 31.8 Å². The molecule has 0 saturated carbocycles. The first-order chi connectivity index (χ1) is 17.6. The van der Waals surface area contributed by atoms with Crippen molar-refractivity contribution in [1.29, 1.82) is 0 Å². The molecular formula is C26H44ClNO8SSi. The SMILES string of the molecule is CCOC(=O)C(CC(=S)[C@H](C)[C@@H]1[C@H]([C@@H](CO[SiH](C)C)C(C)(C)C)C(=O)N1C(Cl)C(=O)OCC)C(=O)OCC. The predicted molar refractivity (Wildman–Crippen MR) is 151 cm³/mol. The largest absolute Gasteiger partial charge is 0.465 e. The number of ether oxygens (including phenoxy) is 3. The molecule has 5 atom stereocenters. The Morgan fingerprint density at radius 1 is 1.00 bits per heavy atom. The minimum Gasteiger partial charge on any atom is -0.465 e. The van der Waals surface area contributed by atoms with Crippen LogP contribution in [0.25, 0.3) is 0 Å². The van der Waals surface area contributed by atoms with Gasteiger partial charge in [0.1, 0.15) is 0 Å². The first kappa shape index (κ1) is 34.5. The maximum Gasteiger partial charge on any atom is 0.344 e. The summed E-state index contributed by atoms with van der Waals surface area (Å²) in [6.07, 6.45) is -0.0959. The van der Waals surface area contributed by atoms with E-state index in [1.165, 1.54) is 4.90 Å². The minimum atomic E-state index is -1.38. The van der Waals surface area contributed by atoms with Crippen LogP contribution in [-0.4, -0.2) is 80.6 Å². The van der Waals surface area contributed by atoms with E-state index in [0.29, 0.717) is 11.5 Å². The lowest BCUT2D eigenvalue weighted by molar-refractivity contribution is -0.177. The molecule has 0 aromatic carbocycles. The van der Waals surface area contributed by atoms with Crippen LogP contribution < -0.4 is 0 Å². The normalized spacial score (nSPS) is 20.0. The van der Waals surface area contributed by atoms with Crippen LogP contribution in [0.5, 0.6) is 0 Å². The van der Waals surface area contributed by atoms with Gasteiger partial charge in [0.2, 0.25) is 11.4 Å². The lowest BCUT2D eigenvalue weighted by Crippen LogP contribution is -2.71. The van der Waals surface area contributed by atoms with Crippen molar-refractivity contribution in [3.8, 4) is 0 Å². The Bertz CT molecular complexity index is 847. The monoisotopic (exact) mass is 593 g/mol. The van der Waals surface area contributed by atoms with Gasteiger partial charge in [0.25, 0.3) is 0 Å². The Balaban J connectivity index is 3.41. The highest BCUT2D eigenvalue weighted by Crippen LogP contribution is 2.46.